The summed E-state index contributed by atoms with van der Waals surface area (Å²) >= 11 is 6.00. The van der Waals surface area contributed by atoms with E-state index in [1.54, 1.807) is 23.1 Å². The largest absolute Gasteiger partial charge is 0.398 e. The minimum absolute atomic E-state index is 0.142. The summed E-state index contributed by atoms with van der Waals surface area (Å²) in [4.78, 5) is 25.5. The molecule has 1 aliphatic heterocycles. The summed E-state index contributed by atoms with van der Waals surface area (Å²) in [6.07, 6.45) is 1.48. The molecule has 0 aliphatic carbocycles. The molecule has 1 heterocycles. The standard InChI is InChI=1S/C14H18ClN3O2/c1-9(8-18-7-3-6-12(18)19)17-14(20)13-10(15)4-2-5-11(13)16/h2,4-5,9H,3,6-8,16H2,1H3,(H,17,20). The molecule has 1 unspecified atom stereocenters. The topological polar surface area (TPSA) is 75.4 Å². The first kappa shape index (κ1) is 14.7. The Kier molecular flexibility index (Phi) is 4.49. The van der Waals surface area contributed by atoms with Gasteiger partial charge in [-0.1, -0.05) is 17.7 Å². The van der Waals surface area contributed by atoms with Crippen LogP contribution >= 0.6 is 11.6 Å². The summed E-state index contributed by atoms with van der Waals surface area (Å²) in [5, 5.41) is 3.15. The van der Waals surface area contributed by atoms with Gasteiger partial charge in [0, 0.05) is 31.2 Å². The van der Waals surface area contributed by atoms with Gasteiger partial charge in [-0.05, 0) is 25.5 Å². The van der Waals surface area contributed by atoms with Gasteiger partial charge < -0.3 is 16.0 Å². The quantitative estimate of drug-likeness (QED) is 0.830. The van der Waals surface area contributed by atoms with Crippen molar-refractivity contribution in [2.24, 2.45) is 0 Å². The third kappa shape index (κ3) is 3.22. The Morgan fingerprint density at radius 1 is 1.55 bits per heavy atom. The normalized spacial score (nSPS) is 16.3. The Hall–Kier alpha value is -1.75. The van der Waals surface area contributed by atoms with Gasteiger partial charge in [-0.15, -0.1) is 0 Å². The van der Waals surface area contributed by atoms with Crippen molar-refractivity contribution in [2.45, 2.75) is 25.8 Å². The smallest absolute Gasteiger partial charge is 0.255 e. The van der Waals surface area contributed by atoms with E-state index < -0.39 is 0 Å². The minimum Gasteiger partial charge on any atom is -0.398 e. The van der Waals surface area contributed by atoms with Crippen molar-refractivity contribution in [2.75, 3.05) is 18.8 Å². The third-order valence-electron chi connectivity index (χ3n) is 3.32. The van der Waals surface area contributed by atoms with E-state index in [1.807, 2.05) is 6.92 Å². The number of carbonyl (C=O) groups excluding carboxylic acids is 2. The summed E-state index contributed by atoms with van der Waals surface area (Å²) in [5.41, 5.74) is 6.41. The van der Waals surface area contributed by atoms with Crippen LogP contribution in [0.4, 0.5) is 5.69 Å². The molecule has 0 saturated carbocycles. The van der Waals surface area contributed by atoms with Gasteiger partial charge in [0.25, 0.3) is 5.91 Å². The summed E-state index contributed by atoms with van der Waals surface area (Å²) in [5.74, 6) is -0.171. The zero-order chi connectivity index (χ0) is 14.7. The lowest BCUT2D eigenvalue weighted by molar-refractivity contribution is -0.127. The van der Waals surface area contributed by atoms with Gasteiger partial charge in [0.05, 0.1) is 10.6 Å². The van der Waals surface area contributed by atoms with Crippen LogP contribution in [0.25, 0.3) is 0 Å². The SMILES string of the molecule is CC(CN1CCCC1=O)NC(=O)c1c(N)cccc1Cl. The number of anilines is 1. The number of rotatable bonds is 4. The number of nitrogens with one attached hydrogen (secondary N) is 1. The number of benzene rings is 1. The number of likely N-dealkylation sites (tertiary alicyclic amines) is 1. The first-order valence-corrected chi connectivity index (χ1v) is 6.99. The van der Waals surface area contributed by atoms with Crippen LogP contribution in [0.3, 0.4) is 0 Å². The number of hydrogen-bond acceptors (Lipinski definition) is 3. The lowest BCUT2D eigenvalue weighted by Crippen LogP contribution is -2.42. The summed E-state index contributed by atoms with van der Waals surface area (Å²) in [6.45, 7) is 3.12. The second-order valence-corrected chi connectivity index (χ2v) is 5.43. The van der Waals surface area contributed by atoms with Gasteiger partial charge in [-0.3, -0.25) is 9.59 Å². The van der Waals surface area contributed by atoms with Gasteiger partial charge in [-0.25, -0.2) is 0 Å². The minimum atomic E-state index is -0.313. The fraction of sp³-hybridized carbons (Fsp3) is 0.429. The Labute approximate surface area is 123 Å². The van der Waals surface area contributed by atoms with Crippen LogP contribution in [0.1, 0.15) is 30.1 Å². The van der Waals surface area contributed by atoms with Crippen LogP contribution in [-0.4, -0.2) is 35.8 Å². The highest BCUT2D eigenvalue weighted by Gasteiger charge is 2.23. The van der Waals surface area contributed by atoms with Crippen molar-refractivity contribution in [3.8, 4) is 0 Å². The van der Waals surface area contributed by atoms with Crippen LogP contribution in [0.5, 0.6) is 0 Å². The molecule has 5 nitrogen and oxygen atoms in total. The Morgan fingerprint density at radius 2 is 2.30 bits per heavy atom. The number of carbonyl (C=O) groups is 2. The van der Waals surface area contributed by atoms with Crippen LogP contribution in [0, 0.1) is 0 Å². The zero-order valence-electron chi connectivity index (χ0n) is 11.4. The number of nitrogen functional groups attached to an aromatic ring is 1. The number of nitrogens with two attached hydrogens (primary N) is 1. The van der Waals surface area contributed by atoms with Crippen molar-refractivity contribution in [1.29, 1.82) is 0 Å². The molecule has 1 aromatic carbocycles. The highest BCUT2D eigenvalue weighted by Crippen LogP contribution is 2.21. The molecule has 1 aromatic rings. The highest BCUT2D eigenvalue weighted by atomic mass is 35.5. The fourth-order valence-corrected chi connectivity index (χ4v) is 2.62. The Balaban J connectivity index is 1.99. The second-order valence-electron chi connectivity index (χ2n) is 5.02. The van der Waals surface area contributed by atoms with Gasteiger partial charge >= 0.3 is 0 Å². The molecule has 0 aromatic heterocycles. The molecule has 6 heteroatoms. The highest BCUT2D eigenvalue weighted by molar-refractivity contribution is 6.34. The molecule has 1 fully saturated rings. The van der Waals surface area contributed by atoms with E-state index in [9.17, 15) is 9.59 Å². The van der Waals surface area contributed by atoms with Gasteiger partial charge in [0.1, 0.15) is 0 Å². The van der Waals surface area contributed by atoms with Crippen LogP contribution in [0.2, 0.25) is 5.02 Å². The van der Waals surface area contributed by atoms with Crippen LogP contribution < -0.4 is 11.1 Å². The van der Waals surface area contributed by atoms with Gasteiger partial charge in [-0.2, -0.15) is 0 Å². The van der Waals surface area contributed by atoms with E-state index in [0.29, 0.717) is 23.7 Å². The zero-order valence-corrected chi connectivity index (χ0v) is 12.1. The van der Waals surface area contributed by atoms with E-state index in [1.165, 1.54) is 0 Å². The molecule has 1 aliphatic rings. The molecule has 1 atom stereocenters. The van der Waals surface area contributed by atoms with E-state index in [2.05, 4.69) is 5.32 Å². The van der Waals surface area contributed by atoms with Gasteiger partial charge in [0.2, 0.25) is 5.91 Å². The summed E-state index contributed by atoms with van der Waals surface area (Å²) in [7, 11) is 0. The lowest BCUT2D eigenvalue weighted by Gasteiger charge is -2.22. The van der Waals surface area contributed by atoms with E-state index in [0.717, 1.165) is 13.0 Å². The summed E-state index contributed by atoms with van der Waals surface area (Å²) in [6, 6.07) is 4.80. The van der Waals surface area contributed by atoms with Crippen molar-refractivity contribution in [1.82, 2.24) is 10.2 Å². The molecule has 20 heavy (non-hydrogen) atoms. The first-order chi connectivity index (χ1) is 9.49. The average Bonchev–Trinajstić information content (AvgIpc) is 2.74. The average molecular weight is 296 g/mol. The molecule has 0 bridgehead atoms. The Bertz CT molecular complexity index is 513. The van der Waals surface area contributed by atoms with E-state index >= 15 is 0 Å². The predicted molar refractivity (Wildman–Crippen MR) is 78.6 cm³/mol. The van der Waals surface area contributed by atoms with Gasteiger partial charge in [0.15, 0.2) is 0 Å². The maximum Gasteiger partial charge on any atom is 0.255 e. The molecule has 1 saturated heterocycles. The van der Waals surface area contributed by atoms with Crippen LogP contribution in [-0.2, 0) is 4.79 Å². The third-order valence-corrected chi connectivity index (χ3v) is 3.63. The number of hydrogen-bond donors (Lipinski definition) is 2. The van der Waals surface area contributed by atoms with E-state index in [-0.39, 0.29) is 23.4 Å². The molecule has 108 valence electrons. The monoisotopic (exact) mass is 295 g/mol. The molecule has 0 radical (unpaired) electrons. The van der Waals surface area contributed by atoms with Crippen molar-refractivity contribution < 1.29 is 9.59 Å². The molecular formula is C14H18ClN3O2. The van der Waals surface area contributed by atoms with E-state index in [4.69, 9.17) is 17.3 Å². The first-order valence-electron chi connectivity index (χ1n) is 6.61. The number of amides is 2. The predicted octanol–water partition coefficient (Wildman–Crippen LogP) is 1.66. The lowest BCUT2D eigenvalue weighted by atomic mass is 10.1. The number of halogens is 1. The van der Waals surface area contributed by atoms with Crippen LogP contribution in [0.15, 0.2) is 18.2 Å². The maximum absolute atomic E-state index is 12.2. The fourth-order valence-electron chi connectivity index (χ4n) is 2.35. The molecule has 2 amide bonds. The second kappa shape index (κ2) is 6.13. The number of nitrogens with zero attached hydrogens (tertiary/aromatic N) is 1. The molecule has 3 N–H and O–H groups in total. The molecule has 2 rings (SSSR count). The molecular weight excluding hydrogens is 278 g/mol. The summed E-state index contributed by atoms with van der Waals surface area (Å²) < 4.78 is 0. The van der Waals surface area contributed by atoms with Crippen molar-refractivity contribution in [3.63, 3.8) is 0 Å². The van der Waals surface area contributed by atoms with Crippen molar-refractivity contribution >= 4 is 29.1 Å². The Morgan fingerprint density at radius 3 is 2.90 bits per heavy atom. The molecule has 0 spiro atoms. The maximum atomic E-state index is 12.2. The van der Waals surface area contributed by atoms with Crippen molar-refractivity contribution in [3.05, 3.63) is 28.8 Å².